The van der Waals surface area contributed by atoms with E-state index in [2.05, 4.69) is 67.7 Å². The molecule has 2 fully saturated rings. The lowest BCUT2D eigenvalue weighted by Crippen LogP contribution is -2.46. The fraction of sp³-hybridized carbons (Fsp3) is 0.689. The molecule has 63 heavy (non-hydrogen) atoms. The molecule has 2 heterocycles. The molecule has 0 N–H and O–H groups in total. The van der Waals surface area contributed by atoms with Crippen LogP contribution in [0.3, 0.4) is 0 Å². The van der Waals surface area contributed by atoms with Crippen LogP contribution in [0.15, 0.2) is 24.3 Å². The molecule has 0 spiro atoms. The highest BCUT2D eigenvalue weighted by atomic mass is 28.4. The van der Waals surface area contributed by atoms with Crippen LogP contribution >= 0.6 is 0 Å². The summed E-state index contributed by atoms with van der Waals surface area (Å²) in [6, 6.07) is 5.03. The lowest BCUT2D eigenvalue weighted by Gasteiger charge is -2.38. The second-order valence-corrected chi connectivity index (χ2v) is 29.4. The number of benzene rings is 2. The van der Waals surface area contributed by atoms with Crippen LogP contribution in [0.25, 0.3) is 0 Å². The van der Waals surface area contributed by atoms with Crippen LogP contribution in [0.2, 0.25) is 36.3 Å². The van der Waals surface area contributed by atoms with Gasteiger partial charge in [-0.15, -0.1) is 0 Å². The molecule has 2 aliphatic rings. The zero-order valence-corrected chi connectivity index (χ0v) is 41.8. The highest BCUT2D eigenvalue weighted by Gasteiger charge is 2.42. The first kappa shape index (κ1) is 51.4. The number of amides is 2. The van der Waals surface area contributed by atoms with E-state index in [1.807, 2.05) is 0 Å². The predicted molar refractivity (Wildman–Crippen MR) is 248 cm³/mol. The van der Waals surface area contributed by atoms with Crippen molar-refractivity contribution in [3.63, 3.8) is 0 Å². The van der Waals surface area contributed by atoms with Gasteiger partial charge in [-0.1, -0.05) is 60.8 Å². The van der Waals surface area contributed by atoms with Gasteiger partial charge >= 0.3 is 0 Å². The van der Waals surface area contributed by atoms with Crippen molar-refractivity contribution in [2.24, 2.45) is 0 Å². The maximum atomic E-state index is 13.8. The molecule has 16 nitrogen and oxygen atoms in total. The van der Waals surface area contributed by atoms with Crippen molar-refractivity contribution >= 4 is 39.8 Å². The van der Waals surface area contributed by atoms with Crippen molar-refractivity contribution < 1.29 is 47.2 Å². The summed E-state index contributed by atoms with van der Waals surface area (Å²) < 4.78 is 35.9. The monoisotopic (exact) mass is 916 g/mol. The Balaban J connectivity index is 1.28. The van der Waals surface area contributed by atoms with Gasteiger partial charge < -0.3 is 37.6 Å². The minimum Gasteiger partial charge on any atom is -0.493 e. The van der Waals surface area contributed by atoms with Crippen LogP contribution < -0.4 is 18.9 Å². The van der Waals surface area contributed by atoms with E-state index in [-0.39, 0.29) is 80.9 Å². The van der Waals surface area contributed by atoms with E-state index in [9.17, 15) is 29.8 Å². The molecule has 4 rings (SSSR count). The van der Waals surface area contributed by atoms with Crippen LogP contribution in [0, 0.1) is 20.2 Å². The van der Waals surface area contributed by atoms with Crippen molar-refractivity contribution in [2.45, 2.75) is 148 Å². The number of hydrogen-bond donors (Lipinski definition) is 0. The molecule has 2 aromatic carbocycles. The second kappa shape index (κ2) is 21.6. The van der Waals surface area contributed by atoms with Gasteiger partial charge in [-0.05, 0) is 74.8 Å². The molecule has 18 heteroatoms. The molecule has 2 saturated heterocycles. The first-order chi connectivity index (χ1) is 29.4. The Morgan fingerprint density at radius 3 is 1.29 bits per heavy atom. The first-order valence-electron chi connectivity index (χ1n) is 22.3. The summed E-state index contributed by atoms with van der Waals surface area (Å²) >= 11 is 0. The van der Waals surface area contributed by atoms with Gasteiger partial charge in [0.2, 0.25) is 0 Å². The fourth-order valence-corrected chi connectivity index (χ4v) is 9.37. The third-order valence-corrected chi connectivity index (χ3v) is 22.4. The zero-order valence-electron chi connectivity index (χ0n) is 39.8. The number of carbonyl (C=O) groups excluding carboxylic acids is 2. The number of likely N-dealkylation sites (tertiary alicyclic amines) is 2. The third-order valence-electron chi connectivity index (χ3n) is 13.4. The largest absolute Gasteiger partial charge is 0.493 e. The minimum absolute atomic E-state index is 0.0146. The van der Waals surface area contributed by atoms with E-state index in [0.29, 0.717) is 39.1 Å². The molecule has 2 aromatic rings. The van der Waals surface area contributed by atoms with Gasteiger partial charge in [0.25, 0.3) is 23.2 Å². The van der Waals surface area contributed by atoms with Gasteiger partial charge in [-0.2, -0.15) is 0 Å². The van der Waals surface area contributed by atoms with Crippen LogP contribution in [0.5, 0.6) is 23.0 Å². The molecule has 0 saturated carbocycles. The summed E-state index contributed by atoms with van der Waals surface area (Å²) in [7, 11) is -1.24. The highest BCUT2D eigenvalue weighted by molar-refractivity contribution is 6.74. The topological polar surface area (TPSA) is 182 Å². The molecule has 0 aromatic heterocycles. The Bertz CT molecular complexity index is 1790. The number of rotatable bonds is 22. The first-order valence-corrected chi connectivity index (χ1v) is 28.1. The van der Waals surface area contributed by atoms with E-state index in [4.69, 9.17) is 27.8 Å². The molecule has 0 unspecified atom stereocenters. The van der Waals surface area contributed by atoms with Gasteiger partial charge in [-0.3, -0.25) is 29.8 Å². The smallest absolute Gasteiger partial charge is 0.286 e. The summed E-state index contributed by atoms with van der Waals surface area (Å²) in [5.41, 5.74) is -0.752. The second-order valence-electron chi connectivity index (χ2n) is 19.8. The highest BCUT2D eigenvalue weighted by Crippen LogP contribution is 2.41. The summed E-state index contributed by atoms with van der Waals surface area (Å²) in [6.07, 6.45) is 6.90. The number of unbranched alkanes of at least 4 members (excludes halogenated alkanes) is 4. The average molecular weight is 917 g/mol. The third kappa shape index (κ3) is 12.9. The quantitative estimate of drug-likeness (QED) is 0.0472. The Labute approximate surface area is 375 Å². The molecule has 352 valence electrons. The number of nitro benzene ring substituents is 2. The average Bonchev–Trinajstić information content (AvgIpc) is 3.89. The van der Waals surface area contributed by atoms with Crippen LogP contribution in [0.1, 0.15) is 120 Å². The molecule has 0 radical (unpaired) electrons. The van der Waals surface area contributed by atoms with Gasteiger partial charge in [-0.25, -0.2) is 0 Å². The Kier molecular flexibility index (Phi) is 17.6. The normalized spacial score (nSPS) is 17.2. The molecular weight excluding hydrogens is 845 g/mol. The number of hydrogen-bond acceptors (Lipinski definition) is 12. The Morgan fingerprint density at radius 2 is 0.968 bits per heavy atom. The van der Waals surface area contributed by atoms with Crippen LogP contribution in [0.4, 0.5) is 11.4 Å². The lowest BCUT2D eigenvalue weighted by atomic mass is 10.1. The van der Waals surface area contributed by atoms with Crippen molar-refractivity contribution in [1.82, 2.24) is 9.80 Å². The number of ether oxygens (including phenoxy) is 4. The maximum Gasteiger partial charge on any atom is 0.286 e. The van der Waals surface area contributed by atoms with Crippen LogP contribution in [-0.4, -0.2) is 114 Å². The summed E-state index contributed by atoms with van der Waals surface area (Å²) in [5.74, 6) is 0.0359. The van der Waals surface area contributed by atoms with Gasteiger partial charge in [0.1, 0.15) is 11.1 Å². The minimum atomic E-state index is -2.06. The Morgan fingerprint density at radius 1 is 0.619 bits per heavy atom. The molecular formula is C45H72N4O12Si2. The molecule has 2 aliphatic heterocycles. The predicted octanol–water partition coefficient (Wildman–Crippen LogP) is 10.2. The van der Waals surface area contributed by atoms with E-state index >= 15 is 0 Å². The zero-order chi connectivity index (χ0) is 46.9. The fourth-order valence-electron chi connectivity index (χ4n) is 7.29. The van der Waals surface area contributed by atoms with E-state index < -0.39 is 38.3 Å². The molecule has 0 bridgehead atoms. The van der Waals surface area contributed by atoms with Gasteiger partial charge in [0.05, 0.1) is 74.7 Å². The van der Waals surface area contributed by atoms with Gasteiger partial charge in [0, 0.05) is 25.2 Å². The van der Waals surface area contributed by atoms with E-state index in [0.717, 1.165) is 44.9 Å². The maximum absolute atomic E-state index is 13.8. The number of methoxy groups -OCH3 is 2. The van der Waals surface area contributed by atoms with Crippen molar-refractivity contribution in [3.8, 4) is 23.0 Å². The Hall–Kier alpha value is -4.27. The number of carbonyl (C=O) groups is 2. The van der Waals surface area contributed by atoms with Crippen molar-refractivity contribution in [1.29, 1.82) is 0 Å². The van der Waals surface area contributed by atoms with Crippen LogP contribution in [-0.2, 0) is 8.85 Å². The number of nitro groups is 2. The van der Waals surface area contributed by atoms with Gasteiger partial charge in [0.15, 0.2) is 39.6 Å². The van der Waals surface area contributed by atoms with E-state index in [1.165, 1.54) is 38.5 Å². The number of nitrogens with zero attached hydrogens (tertiary/aromatic N) is 4. The lowest BCUT2D eigenvalue weighted by molar-refractivity contribution is -0.385. The van der Waals surface area contributed by atoms with Crippen molar-refractivity contribution in [3.05, 3.63) is 55.6 Å². The standard InChI is InChI=1S/C45H72N4O12Si2/c1-44(2,3)62(9,10)60-30-32-20-18-22-46(32)42(50)34-26-38(56-7)40(28-36(34)48(52)53)58-24-16-14-13-15-17-25-59-41-29-37(49(54)55)35(27-39(41)57-8)43(51)47-23-19-21-33(47)31-61-63(11,12)45(4,5)6/h26-29,32-33H,13-25,30-31H2,1-12H3/t32-,33-/m0/s1. The summed E-state index contributed by atoms with van der Waals surface area (Å²) in [4.78, 5) is 54.4. The summed E-state index contributed by atoms with van der Waals surface area (Å²) in [6.45, 7) is 24.0. The molecule has 2 amide bonds. The molecule has 2 atom stereocenters. The van der Waals surface area contributed by atoms with E-state index in [1.54, 1.807) is 9.80 Å². The molecule has 0 aliphatic carbocycles. The summed E-state index contributed by atoms with van der Waals surface area (Å²) in [5, 5.41) is 24.5. The van der Waals surface area contributed by atoms with Crippen molar-refractivity contribution in [2.75, 3.05) is 53.7 Å². The SMILES string of the molecule is COc1cc(C(=O)N2CCC[C@H]2CO[Si](C)(C)C(C)(C)C)c([N+](=O)[O-])cc1OCCCCCCCOc1cc([N+](=O)[O-])c(C(=O)N2CCC[C@H]2CO[Si](C)(C)C(C)(C)C)cc1OC.